The van der Waals surface area contributed by atoms with Crippen LogP contribution in [0.4, 0.5) is 27.6 Å². The average Bonchev–Trinajstić information content (AvgIpc) is 2.76. The van der Waals surface area contributed by atoms with Gasteiger partial charge in [-0.25, -0.2) is 8.78 Å². The van der Waals surface area contributed by atoms with Crippen LogP contribution in [0, 0.1) is 11.6 Å². The molecule has 3 nitrogen and oxygen atoms in total. The zero-order valence-corrected chi connectivity index (χ0v) is 9.35. The van der Waals surface area contributed by atoms with Crippen molar-refractivity contribution in [3.05, 3.63) is 47.3 Å². The van der Waals surface area contributed by atoms with Gasteiger partial charge in [-0.15, -0.1) is 0 Å². The van der Waals surface area contributed by atoms with Gasteiger partial charge in [0.1, 0.15) is 11.6 Å². The minimum Gasteiger partial charge on any atom is -0.377 e. The lowest BCUT2D eigenvalue weighted by atomic mass is 10.3. The van der Waals surface area contributed by atoms with Crippen molar-refractivity contribution in [1.82, 2.24) is 10.2 Å². The number of benzene rings is 1. The minimum atomic E-state index is -4.53. The topological polar surface area (TPSA) is 40.7 Å². The summed E-state index contributed by atoms with van der Waals surface area (Å²) in [6.45, 7) is -0.0916. The molecular weight excluding hydrogens is 269 g/mol. The second kappa shape index (κ2) is 4.87. The van der Waals surface area contributed by atoms with Crippen molar-refractivity contribution in [2.45, 2.75) is 12.7 Å². The number of hydrogen-bond acceptors (Lipinski definition) is 2. The number of rotatable bonds is 3. The molecule has 0 atom stereocenters. The Morgan fingerprint density at radius 3 is 2.47 bits per heavy atom. The number of alkyl halides is 3. The van der Waals surface area contributed by atoms with E-state index in [1.54, 1.807) is 0 Å². The van der Waals surface area contributed by atoms with Crippen LogP contribution in [0.3, 0.4) is 0 Å². The highest BCUT2D eigenvalue weighted by Gasteiger charge is 2.33. The number of nitrogens with one attached hydrogen (secondary N) is 2. The van der Waals surface area contributed by atoms with E-state index in [1.165, 1.54) is 0 Å². The fraction of sp³-hybridized carbons (Fsp3) is 0.182. The lowest BCUT2D eigenvalue weighted by molar-refractivity contribution is -0.141. The highest BCUT2D eigenvalue weighted by atomic mass is 19.4. The van der Waals surface area contributed by atoms with Gasteiger partial charge in [0.05, 0.1) is 17.9 Å². The number of nitrogens with zero attached hydrogens (tertiary/aromatic N) is 1. The van der Waals surface area contributed by atoms with E-state index < -0.39 is 23.5 Å². The van der Waals surface area contributed by atoms with Gasteiger partial charge >= 0.3 is 6.18 Å². The summed E-state index contributed by atoms with van der Waals surface area (Å²) in [6.07, 6.45) is -4.53. The molecule has 0 unspecified atom stereocenters. The molecule has 2 rings (SSSR count). The fourth-order valence-electron chi connectivity index (χ4n) is 1.42. The number of anilines is 1. The summed E-state index contributed by atoms with van der Waals surface area (Å²) in [6, 6.07) is 3.69. The Bertz CT molecular complexity index is 576. The zero-order valence-electron chi connectivity index (χ0n) is 9.35. The van der Waals surface area contributed by atoms with Gasteiger partial charge < -0.3 is 5.32 Å². The van der Waals surface area contributed by atoms with E-state index >= 15 is 0 Å². The Morgan fingerprint density at radius 1 is 1.16 bits per heavy atom. The number of hydrogen-bond donors (Lipinski definition) is 2. The molecule has 0 fully saturated rings. The molecule has 8 heteroatoms. The summed E-state index contributed by atoms with van der Waals surface area (Å²) >= 11 is 0. The van der Waals surface area contributed by atoms with E-state index in [0.29, 0.717) is 6.07 Å². The molecule has 0 aliphatic carbocycles. The Balaban J connectivity index is 2.04. The van der Waals surface area contributed by atoms with Crippen LogP contribution in [0.1, 0.15) is 11.4 Å². The molecular formula is C11H8F5N3. The molecule has 2 aromatic rings. The molecule has 0 bridgehead atoms. The summed E-state index contributed by atoms with van der Waals surface area (Å²) in [5.41, 5.74) is -0.926. The summed E-state index contributed by atoms with van der Waals surface area (Å²) in [5, 5.41) is 7.82. The molecule has 0 spiro atoms. The highest BCUT2D eigenvalue weighted by Crippen LogP contribution is 2.27. The van der Waals surface area contributed by atoms with Gasteiger partial charge in [0, 0.05) is 6.07 Å². The van der Waals surface area contributed by atoms with Crippen molar-refractivity contribution in [1.29, 1.82) is 0 Å². The second-order valence-electron chi connectivity index (χ2n) is 3.75. The Kier molecular flexibility index (Phi) is 3.41. The van der Waals surface area contributed by atoms with Crippen molar-refractivity contribution < 1.29 is 22.0 Å². The first-order valence-corrected chi connectivity index (χ1v) is 5.16. The molecule has 102 valence electrons. The van der Waals surface area contributed by atoms with Gasteiger partial charge in [-0.1, -0.05) is 0 Å². The lowest BCUT2D eigenvalue weighted by Crippen LogP contribution is -2.05. The van der Waals surface area contributed by atoms with Crippen molar-refractivity contribution in [2.24, 2.45) is 0 Å². The first-order chi connectivity index (χ1) is 8.86. The third-order valence-electron chi connectivity index (χ3n) is 2.32. The molecule has 0 aliphatic rings. The van der Waals surface area contributed by atoms with Gasteiger partial charge in [-0.05, 0) is 18.2 Å². The quantitative estimate of drug-likeness (QED) is 0.845. The molecule has 0 saturated heterocycles. The SMILES string of the molecule is Fc1ccc(NCc2cc(C(F)(F)F)n[nH]2)c(F)c1. The molecule has 2 N–H and O–H groups in total. The number of halogens is 5. The van der Waals surface area contributed by atoms with Gasteiger partial charge in [0.2, 0.25) is 0 Å². The molecule has 1 aromatic carbocycles. The fourth-order valence-corrected chi connectivity index (χ4v) is 1.42. The average molecular weight is 277 g/mol. The van der Waals surface area contributed by atoms with Crippen LogP contribution in [0.5, 0.6) is 0 Å². The molecule has 0 saturated carbocycles. The molecule has 0 radical (unpaired) electrons. The summed E-state index contributed by atoms with van der Waals surface area (Å²) in [7, 11) is 0. The highest BCUT2D eigenvalue weighted by molar-refractivity contribution is 5.44. The number of aromatic nitrogens is 2. The third-order valence-corrected chi connectivity index (χ3v) is 2.32. The normalized spacial score (nSPS) is 11.6. The van der Waals surface area contributed by atoms with E-state index in [-0.39, 0.29) is 17.9 Å². The smallest absolute Gasteiger partial charge is 0.377 e. The predicted molar refractivity (Wildman–Crippen MR) is 57.3 cm³/mol. The van der Waals surface area contributed by atoms with Crippen LogP contribution >= 0.6 is 0 Å². The molecule has 1 heterocycles. The van der Waals surface area contributed by atoms with Crippen LogP contribution in [0.25, 0.3) is 0 Å². The van der Waals surface area contributed by atoms with E-state index in [4.69, 9.17) is 0 Å². The van der Waals surface area contributed by atoms with Crippen LogP contribution in [0.15, 0.2) is 24.3 Å². The van der Waals surface area contributed by atoms with Crippen molar-refractivity contribution in [3.8, 4) is 0 Å². The first kappa shape index (κ1) is 13.3. The number of aromatic amines is 1. The van der Waals surface area contributed by atoms with Crippen molar-refractivity contribution in [2.75, 3.05) is 5.32 Å². The summed E-state index contributed by atoms with van der Waals surface area (Å²) in [4.78, 5) is 0. The van der Waals surface area contributed by atoms with Crippen molar-refractivity contribution in [3.63, 3.8) is 0 Å². The van der Waals surface area contributed by atoms with Crippen molar-refractivity contribution >= 4 is 5.69 Å². The Morgan fingerprint density at radius 2 is 1.89 bits per heavy atom. The standard InChI is InChI=1S/C11H8F5N3/c12-6-1-2-9(8(13)3-6)17-5-7-4-10(19-18-7)11(14,15)16/h1-4,17H,5H2,(H,18,19). The molecule has 0 amide bonds. The molecule has 1 aromatic heterocycles. The minimum absolute atomic E-state index is 0.00967. The van der Waals surface area contributed by atoms with E-state index in [2.05, 4.69) is 15.5 Å². The van der Waals surface area contributed by atoms with Crippen LogP contribution in [0.2, 0.25) is 0 Å². The van der Waals surface area contributed by atoms with Crippen LogP contribution in [-0.4, -0.2) is 10.2 Å². The molecule has 19 heavy (non-hydrogen) atoms. The second-order valence-corrected chi connectivity index (χ2v) is 3.75. The van der Waals surface area contributed by atoms with E-state index in [0.717, 1.165) is 18.2 Å². The summed E-state index contributed by atoms with van der Waals surface area (Å²) < 4.78 is 62.7. The third kappa shape index (κ3) is 3.21. The van der Waals surface area contributed by atoms with Gasteiger partial charge in [0.25, 0.3) is 0 Å². The maximum absolute atomic E-state index is 13.2. The van der Waals surface area contributed by atoms with E-state index in [9.17, 15) is 22.0 Å². The maximum atomic E-state index is 13.2. The zero-order chi connectivity index (χ0) is 14.0. The van der Waals surface area contributed by atoms with Gasteiger partial charge in [-0.2, -0.15) is 18.3 Å². The summed E-state index contributed by atoms with van der Waals surface area (Å²) in [5.74, 6) is -1.56. The van der Waals surface area contributed by atoms with Crippen LogP contribution < -0.4 is 5.32 Å². The number of H-pyrrole nitrogens is 1. The molecule has 0 aliphatic heterocycles. The monoisotopic (exact) mass is 277 g/mol. The lowest BCUT2D eigenvalue weighted by Gasteiger charge is -2.05. The Labute approximate surface area is 104 Å². The largest absolute Gasteiger partial charge is 0.435 e. The van der Waals surface area contributed by atoms with Crippen LogP contribution in [-0.2, 0) is 12.7 Å². The van der Waals surface area contributed by atoms with E-state index in [1.807, 2.05) is 0 Å². The van der Waals surface area contributed by atoms with Gasteiger partial charge in [-0.3, -0.25) is 5.10 Å². The Hall–Kier alpha value is -2.12. The predicted octanol–water partition coefficient (Wildman–Crippen LogP) is 3.32. The first-order valence-electron chi connectivity index (χ1n) is 5.16. The van der Waals surface area contributed by atoms with Gasteiger partial charge in [0.15, 0.2) is 5.69 Å². The maximum Gasteiger partial charge on any atom is 0.435 e.